The summed E-state index contributed by atoms with van der Waals surface area (Å²) in [5.41, 5.74) is -0.641. The molecule has 0 fully saturated rings. The average Bonchev–Trinajstić information content (AvgIpc) is 2.81. The van der Waals surface area contributed by atoms with E-state index in [0.29, 0.717) is 5.69 Å². The summed E-state index contributed by atoms with van der Waals surface area (Å²) >= 11 is 1.02. The van der Waals surface area contributed by atoms with Gasteiger partial charge in [-0.2, -0.15) is 13.2 Å². The van der Waals surface area contributed by atoms with E-state index in [0.717, 1.165) is 11.3 Å². The molecule has 2 heterocycles. The van der Waals surface area contributed by atoms with Crippen molar-refractivity contribution in [1.82, 2.24) is 15.3 Å². The van der Waals surface area contributed by atoms with Crippen molar-refractivity contribution < 1.29 is 13.2 Å². The smallest absolute Gasteiger partial charge is 0.307 e. The van der Waals surface area contributed by atoms with Gasteiger partial charge in [0, 0.05) is 18.3 Å². The molecule has 7 heteroatoms. The molecule has 0 radical (unpaired) electrons. The lowest BCUT2D eigenvalue weighted by Gasteiger charge is -2.20. The maximum Gasteiger partial charge on any atom is 0.434 e. The van der Waals surface area contributed by atoms with Crippen LogP contribution in [-0.4, -0.2) is 15.5 Å². The van der Waals surface area contributed by atoms with Crippen molar-refractivity contribution >= 4 is 11.3 Å². The van der Waals surface area contributed by atoms with Crippen molar-refractivity contribution in [1.29, 1.82) is 0 Å². The molecule has 1 N–H and O–H groups in total. The Morgan fingerprint density at radius 1 is 1.19 bits per heavy atom. The van der Waals surface area contributed by atoms with E-state index < -0.39 is 11.9 Å². The van der Waals surface area contributed by atoms with Crippen LogP contribution in [0.25, 0.3) is 10.7 Å². The molecule has 0 spiro atoms. The molecular formula is C14H16F3N3S. The van der Waals surface area contributed by atoms with Crippen LogP contribution < -0.4 is 5.32 Å². The number of thiazole rings is 1. The second-order valence-corrected chi connectivity index (χ2v) is 6.69. The summed E-state index contributed by atoms with van der Waals surface area (Å²) in [5, 5.41) is 3.35. The number of alkyl halides is 3. The van der Waals surface area contributed by atoms with Gasteiger partial charge in [-0.05, 0) is 32.9 Å². The Hall–Kier alpha value is -1.47. The van der Waals surface area contributed by atoms with Gasteiger partial charge >= 0.3 is 6.18 Å². The zero-order valence-corrected chi connectivity index (χ0v) is 12.8. The van der Waals surface area contributed by atoms with Crippen molar-refractivity contribution in [3.05, 3.63) is 35.0 Å². The highest BCUT2D eigenvalue weighted by Gasteiger charge is 2.37. The first kappa shape index (κ1) is 15.9. The minimum atomic E-state index is -4.46. The number of nitrogens with one attached hydrogen (secondary N) is 1. The number of nitrogens with zero attached hydrogens (tertiary/aromatic N) is 2. The van der Waals surface area contributed by atoms with E-state index in [1.54, 1.807) is 18.2 Å². The number of hydrogen-bond donors (Lipinski definition) is 1. The standard InChI is InChI=1S/C14H16F3N3S/c1-13(2,3)19-8-10-11(14(15,16)17)20-12(21-10)9-6-4-5-7-18-9/h4-7,19H,8H2,1-3H3. The van der Waals surface area contributed by atoms with Crippen molar-refractivity contribution in [2.24, 2.45) is 0 Å². The van der Waals surface area contributed by atoms with E-state index in [1.165, 1.54) is 6.20 Å². The fourth-order valence-corrected chi connectivity index (χ4v) is 2.64. The Morgan fingerprint density at radius 3 is 2.43 bits per heavy atom. The molecule has 0 aliphatic heterocycles. The maximum absolute atomic E-state index is 13.1. The molecule has 0 unspecified atom stereocenters. The molecule has 3 nitrogen and oxygen atoms in total. The van der Waals surface area contributed by atoms with Crippen LogP contribution in [-0.2, 0) is 12.7 Å². The van der Waals surface area contributed by atoms with Crippen molar-refractivity contribution in [2.45, 2.75) is 39.0 Å². The molecule has 0 aliphatic carbocycles. The third-order valence-corrected chi connectivity index (χ3v) is 3.71. The summed E-state index contributed by atoms with van der Waals surface area (Å²) in [5.74, 6) is 0. The highest BCUT2D eigenvalue weighted by molar-refractivity contribution is 7.15. The molecule has 0 saturated carbocycles. The molecule has 2 rings (SSSR count). The lowest BCUT2D eigenvalue weighted by atomic mass is 10.1. The van der Waals surface area contributed by atoms with E-state index in [9.17, 15) is 13.2 Å². The minimum Gasteiger partial charge on any atom is -0.307 e. The van der Waals surface area contributed by atoms with E-state index >= 15 is 0 Å². The number of halogens is 3. The van der Waals surface area contributed by atoms with E-state index in [4.69, 9.17) is 0 Å². The second-order valence-electron chi connectivity index (χ2n) is 5.61. The lowest BCUT2D eigenvalue weighted by Crippen LogP contribution is -2.35. The molecule has 0 saturated heterocycles. The van der Waals surface area contributed by atoms with Gasteiger partial charge in [-0.15, -0.1) is 11.3 Å². The molecular weight excluding hydrogens is 299 g/mol. The monoisotopic (exact) mass is 315 g/mol. The molecule has 21 heavy (non-hydrogen) atoms. The predicted octanol–water partition coefficient (Wildman–Crippen LogP) is 4.11. The maximum atomic E-state index is 13.1. The highest BCUT2D eigenvalue weighted by atomic mass is 32.1. The van der Waals surface area contributed by atoms with Gasteiger partial charge in [0.15, 0.2) is 5.69 Å². The quantitative estimate of drug-likeness (QED) is 0.926. The molecule has 0 atom stereocenters. The largest absolute Gasteiger partial charge is 0.434 e. The Labute approximate surface area is 125 Å². The van der Waals surface area contributed by atoms with Crippen LogP contribution in [0.2, 0.25) is 0 Å². The van der Waals surface area contributed by atoms with Crippen LogP contribution in [0.4, 0.5) is 13.2 Å². The first-order chi connectivity index (χ1) is 9.67. The predicted molar refractivity (Wildman–Crippen MR) is 76.9 cm³/mol. The van der Waals surface area contributed by atoms with Gasteiger partial charge in [-0.3, -0.25) is 4.98 Å². The first-order valence-electron chi connectivity index (χ1n) is 6.40. The summed E-state index contributed by atoms with van der Waals surface area (Å²) < 4.78 is 39.3. The normalized spacial score (nSPS) is 12.7. The van der Waals surface area contributed by atoms with Gasteiger partial charge in [-0.25, -0.2) is 4.98 Å². The number of hydrogen-bond acceptors (Lipinski definition) is 4. The summed E-state index contributed by atoms with van der Waals surface area (Å²) in [6, 6.07) is 5.09. The van der Waals surface area contributed by atoms with Crippen molar-refractivity contribution in [2.75, 3.05) is 0 Å². The zero-order valence-electron chi connectivity index (χ0n) is 12.0. The van der Waals surface area contributed by atoms with E-state index in [1.807, 2.05) is 20.8 Å². The van der Waals surface area contributed by atoms with Crippen molar-refractivity contribution in [3.8, 4) is 10.7 Å². The highest BCUT2D eigenvalue weighted by Crippen LogP contribution is 2.37. The van der Waals surface area contributed by atoms with Crippen LogP contribution in [0.3, 0.4) is 0 Å². The molecule has 0 amide bonds. The molecule has 0 aromatic carbocycles. The zero-order chi connectivity index (χ0) is 15.7. The fourth-order valence-electron chi connectivity index (χ4n) is 1.64. The van der Waals surface area contributed by atoms with Gasteiger partial charge in [0.1, 0.15) is 5.01 Å². The van der Waals surface area contributed by atoms with Crippen LogP contribution >= 0.6 is 11.3 Å². The van der Waals surface area contributed by atoms with Gasteiger partial charge in [0.05, 0.1) is 10.6 Å². The topological polar surface area (TPSA) is 37.8 Å². The third-order valence-electron chi connectivity index (χ3n) is 2.63. The number of pyridine rings is 1. The molecule has 114 valence electrons. The fraction of sp³-hybridized carbons (Fsp3) is 0.429. The van der Waals surface area contributed by atoms with Crippen LogP contribution in [0.1, 0.15) is 31.3 Å². The molecule has 2 aromatic heterocycles. The Morgan fingerprint density at radius 2 is 1.90 bits per heavy atom. The van der Waals surface area contributed by atoms with Crippen molar-refractivity contribution in [3.63, 3.8) is 0 Å². The molecule has 0 bridgehead atoms. The SMILES string of the molecule is CC(C)(C)NCc1sc(-c2ccccn2)nc1C(F)(F)F. The van der Waals surface area contributed by atoms with Gasteiger partial charge in [0.2, 0.25) is 0 Å². The lowest BCUT2D eigenvalue weighted by molar-refractivity contribution is -0.141. The minimum absolute atomic E-state index is 0.128. The Balaban J connectivity index is 2.36. The molecule has 2 aromatic rings. The van der Waals surface area contributed by atoms with Gasteiger partial charge in [-0.1, -0.05) is 6.07 Å². The molecule has 0 aliphatic rings. The summed E-state index contributed by atoms with van der Waals surface area (Å²) in [4.78, 5) is 7.98. The first-order valence-corrected chi connectivity index (χ1v) is 7.22. The Kier molecular flexibility index (Phi) is 4.34. The number of rotatable bonds is 3. The van der Waals surface area contributed by atoms with Crippen LogP contribution in [0.5, 0.6) is 0 Å². The summed E-state index contributed by atoms with van der Waals surface area (Å²) in [7, 11) is 0. The van der Waals surface area contributed by atoms with Crippen LogP contribution in [0.15, 0.2) is 24.4 Å². The van der Waals surface area contributed by atoms with E-state index in [2.05, 4.69) is 15.3 Å². The Bertz CT molecular complexity index is 600. The van der Waals surface area contributed by atoms with Gasteiger partial charge < -0.3 is 5.32 Å². The van der Waals surface area contributed by atoms with E-state index in [-0.39, 0.29) is 22.0 Å². The summed E-state index contributed by atoms with van der Waals surface area (Å²) in [6.45, 7) is 5.84. The third kappa shape index (κ3) is 4.25. The van der Waals surface area contributed by atoms with Crippen LogP contribution in [0, 0.1) is 0 Å². The van der Waals surface area contributed by atoms with Gasteiger partial charge in [0.25, 0.3) is 0 Å². The summed E-state index contributed by atoms with van der Waals surface area (Å²) in [6.07, 6.45) is -2.92. The number of aromatic nitrogens is 2. The second kappa shape index (κ2) is 5.73. The average molecular weight is 315 g/mol.